The highest BCUT2D eigenvalue weighted by atomic mass is 32.1. The molecule has 5 heterocycles. The van der Waals surface area contributed by atoms with Crippen LogP contribution in [0.5, 0.6) is 0 Å². The van der Waals surface area contributed by atoms with Gasteiger partial charge in [0.15, 0.2) is 11.5 Å². The highest BCUT2D eigenvalue weighted by Crippen LogP contribution is 2.54. The summed E-state index contributed by atoms with van der Waals surface area (Å²) in [4.78, 5) is 27.0. The largest absolute Gasteiger partial charge is 0.434 e. The van der Waals surface area contributed by atoms with Gasteiger partial charge in [0.05, 0.1) is 12.6 Å². The van der Waals surface area contributed by atoms with Crippen molar-refractivity contribution in [2.24, 2.45) is 10.8 Å². The van der Waals surface area contributed by atoms with Crippen molar-refractivity contribution < 1.29 is 18.0 Å². The van der Waals surface area contributed by atoms with E-state index >= 15 is 0 Å². The van der Waals surface area contributed by atoms with Gasteiger partial charge < -0.3 is 9.80 Å². The molecule has 5 fully saturated rings. The number of rotatable bonds is 4. The number of urea groups is 1. The molecule has 2 aromatic rings. The zero-order chi connectivity index (χ0) is 23.3. The predicted octanol–water partition coefficient (Wildman–Crippen LogP) is 3.21. The van der Waals surface area contributed by atoms with Gasteiger partial charge in [0, 0.05) is 61.4 Å². The van der Waals surface area contributed by atoms with Crippen LogP contribution < -0.4 is 0 Å². The third-order valence-electron chi connectivity index (χ3n) is 8.15. The van der Waals surface area contributed by atoms with Gasteiger partial charge in [-0.1, -0.05) is 0 Å². The van der Waals surface area contributed by atoms with Crippen molar-refractivity contribution in [3.8, 4) is 0 Å². The molecule has 0 atom stereocenters. The Hall–Kier alpha value is -2.21. The summed E-state index contributed by atoms with van der Waals surface area (Å²) >= 11 is 1.06. The Morgan fingerprint density at radius 2 is 1.74 bits per heavy atom. The van der Waals surface area contributed by atoms with E-state index in [9.17, 15) is 18.0 Å². The normalized spacial score (nSPS) is 25.7. The first-order chi connectivity index (χ1) is 16.2. The molecule has 0 unspecified atom stereocenters. The van der Waals surface area contributed by atoms with Gasteiger partial charge in [0.1, 0.15) is 11.3 Å². The van der Waals surface area contributed by atoms with E-state index in [0.29, 0.717) is 23.5 Å². The lowest BCUT2D eigenvalue weighted by Gasteiger charge is -2.63. The lowest BCUT2D eigenvalue weighted by molar-refractivity contribution is -0.141. The van der Waals surface area contributed by atoms with E-state index in [-0.39, 0.29) is 16.9 Å². The lowest BCUT2D eigenvalue weighted by Crippen LogP contribution is -2.75. The molecule has 3 aliphatic heterocycles. The fourth-order valence-electron chi connectivity index (χ4n) is 6.29. The second kappa shape index (κ2) is 6.93. The van der Waals surface area contributed by atoms with Crippen LogP contribution in [0, 0.1) is 10.8 Å². The molecule has 8 nitrogen and oxygen atoms in total. The first-order valence-electron chi connectivity index (χ1n) is 11.9. The molecule has 182 valence electrons. The van der Waals surface area contributed by atoms with Crippen LogP contribution in [0.1, 0.15) is 54.2 Å². The van der Waals surface area contributed by atoms with E-state index in [4.69, 9.17) is 0 Å². The van der Waals surface area contributed by atoms with E-state index in [2.05, 4.69) is 20.0 Å². The molecule has 2 aliphatic carbocycles. The number of amides is 2. The first kappa shape index (κ1) is 21.1. The van der Waals surface area contributed by atoms with Crippen molar-refractivity contribution in [3.63, 3.8) is 0 Å². The average molecular weight is 494 g/mol. The first-order valence-corrected chi connectivity index (χ1v) is 12.8. The van der Waals surface area contributed by atoms with E-state index in [1.54, 1.807) is 0 Å². The molecule has 12 heteroatoms. The molecular weight excluding hydrogens is 467 g/mol. The summed E-state index contributed by atoms with van der Waals surface area (Å²) in [5, 5.41) is 6.23. The molecule has 34 heavy (non-hydrogen) atoms. The van der Waals surface area contributed by atoms with Gasteiger partial charge in [-0.2, -0.15) is 18.3 Å². The van der Waals surface area contributed by atoms with Gasteiger partial charge in [-0.25, -0.2) is 19.4 Å². The predicted molar refractivity (Wildman–Crippen MR) is 116 cm³/mol. The molecule has 0 aromatic carbocycles. The highest BCUT2D eigenvalue weighted by molar-refractivity contribution is 7.09. The molecular formula is C22H26F3N7OS. The number of hydrogen-bond donors (Lipinski definition) is 0. The number of hydrogen-bond acceptors (Lipinski definition) is 6. The minimum Gasteiger partial charge on any atom is -0.323 e. The van der Waals surface area contributed by atoms with Gasteiger partial charge in [-0.3, -0.25) is 4.90 Å². The molecule has 0 bridgehead atoms. The van der Waals surface area contributed by atoms with Crippen LogP contribution in [0.3, 0.4) is 0 Å². The number of alkyl halides is 3. The number of thiazole rings is 1. The maximum absolute atomic E-state index is 12.9. The van der Waals surface area contributed by atoms with Crippen LogP contribution >= 0.6 is 11.3 Å². The number of aromatic nitrogens is 4. The summed E-state index contributed by atoms with van der Waals surface area (Å²) in [5.74, 6) is 1.56. The SMILES string of the molecule is O=C(N1CC2(CC(n3cnc(C4CC4)n3)C2)C1)N1CC2(CN(Cc3nc(C(F)(F)F)cs3)C2)C1. The van der Waals surface area contributed by atoms with Crippen molar-refractivity contribution in [1.29, 1.82) is 0 Å². The van der Waals surface area contributed by atoms with E-state index < -0.39 is 11.9 Å². The molecule has 2 amide bonds. The Morgan fingerprint density at radius 1 is 1.06 bits per heavy atom. The average Bonchev–Trinajstić information content (AvgIpc) is 3.19. The van der Waals surface area contributed by atoms with Crippen LogP contribution in [0.2, 0.25) is 0 Å². The number of nitrogens with zero attached hydrogens (tertiary/aromatic N) is 7. The van der Waals surface area contributed by atoms with Gasteiger partial charge >= 0.3 is 12.2 Å². The van der Waals surface area contributed by atoms with Crippen molar-refractivity contribution in [1.82, 2.24) is 34.4 Å². The quantitative estimate of drug-likeness (QED) is 0.654. The Balaban J connectivity index is 0.844. The highest BCUT2D eigenvalue weighted by Gasteiger charge is 2.58. The Labute approximate surface area is 198 Å². The molecule has 2 aromatic heterocycles. The summed E-state index contributed by atoms with van der Waals surface area (Å²) in [5.41, 5.74) is -0.446. The topological polar surface area (TPSA) is 70.4 Å². The molecule has 2 saturated carbocycles. The van der Waals surface area contributed by atoms with Crippen LogP contribution in [0.15, 0.2) is 11.7 Å². The van der Waals surface area contributed by atoms with Gasteiger partial charge in [-0.15, -0.1) is 11.3 Å². The Morgan fingerprint density at radius 3 is 2.35 bits per heavy atom. The summed E-state index contributed by atoms with van der Waals surface area (Å²) < 4.78 is 40.2. The minimum atomic E-state index is -4.38. The summed E-state index contributed by atoms with van der Waals surface area (Å²) in [6.07, 6.45) is 2.04. The number of halogens is 3. The lowest BCUT2D eigenvalue weighted by atomic mass is 9.60. The van der Waals surface area contributed by atoms with E-state index in [1.165, 1.54) is 12.8 Å². The third kappa shape index (κ3) is 3.43. The monoisotopic (exact) mass is 493 g/mol. The fraction of sp³-hybridized carbons (Fsp3) is 0.727. The molecule has 0 radical (unpaired) electrons. The van der Waals surface area contributed by atoms with Crippen LogP contribution in [0.4, 0.5) is 18.0 Å². The number of carbonyl (C=O) groups is 1. The van der Waals surface area contributed by atoms with Crippen LogP contribution in [-0.4, -0.2) is 79.7 Å². The number of carbonyl (C=O) groups excluding carboxylic acids is 1. The summed E-state index contributed by atoms with van der Waals surface area (Å²) in [7, 11) is 0. The summed E-state index contributed by atoms with van der Waals surface area (Å²) in [6, 6.07) is 0.542. The third-order valence-corrected chi connectivity index (χ3v) is 8.98. The standard InChI is InChI=1S/C22H26F3N7OS/c23-22(24,25)16-6-34-17(27-16)5-29-7-21(8-29)11-31(12-21)19(33)30-9-20(10-30)3-15(4-20)32-13-26-18(28-32)14-1-2-14/h6,13-15H,1-5,7-12H2. The van der Waals surface area contributed by atoms with E-state index in [1.807, 2.05) is 20.8 Å². The zero-order valence-electron chi connectivity index (χ0n) is 18.7. The van der Waals surface area contributed by atoms with Gasteiger partial charge in [0.25, 0.3) is 0 Å². The second-order valence-corrected chi connectivity index (χ2v) is 12.1. The Bertz CT molecular complexity index is 1110. The second-order valence-electron chi connectivity index (χ2n) is 11.2. The van der Waals surface area contributed by atoms with Crippen molar-refractivity contribution >= 4 is 17.4 Å². The van der Waals surface area contributed by atoms with Gasteiger partial charge in [0.2, 0.25) is 0 Å². The van der Waals surface area contributed by atoms with Crippen LogP contribution in [-0.2, 0) is 12.7 Å². The van der Waals surface area contributed by atoms with Crippen LogP contribution in [0.25, 0.3) is 0 Å². The molecule has 7 rings (SSSR count). The molecule has 2 spiro atoms. The summed E-state index contributed by atoms with van der Waals surface area (Å²) in [6.45, 7) is 5.20. The van der Waals surface area contributed by atoms with Crippen molar-refractivity contribution in [2.75, 3.05) is 39.3 Å². The smallest absolute Gasteiger partial charge is 0.323 e. The Kier molecular flexibility index (Phi) is 4.30. The van der Waals surface area contributed by atoms with Crippen molar-refractivity contribution in [3.05, 3.63) is 28.2 Å². The maximum atomic E-state index is 12.9. The fourth-order valence-corrected chi connectivity index (χ4v) is 7.14. The maximum Gasteiger partial charge on any atom is 0.434 e. The minimum absolute atomic E-state index is 0.107. The van der Waals surface area contributed by atoms with E-state index in [0.717, 1.165) is 74.7 Å². The molecule has 5 aliphatic rings. The molecule has 0 N–H and O–H groups in total. The molecule has 3 saturated heterocycles. The number of likely N-dealkylation sites (tertiary alicyclic amines) is 3. The van der Waals surface area contributed by atoms with Crippen molar-refractivity contribution in [2.45, 2.75) is 50.4 Å². The van der Waals surface area contributed by atoms with Gasteiger partial charge in [-0.05, 0) is 25.7 Å². The zero-order valence-corrected chi connectivity index (χ0v) is 19.5.